The molecule has 4 heteroatoms. The Balaban J connectivity index is 0.00000133. The zero-order valence-electron chi connectivity index (χ0n) is 11.1. The molecule has 3 rings (SSSR count). The van der Waals surface area contributed by atoms with E-state index in [1.165, 1.54) is 19.1 Å². The van der Waals surface area contributed by atoms with Crippen molar-refractivity contribution in [3.05, 3.63) is 35.9 Å². The Kier molecular flexibility index (Phi) is 5.16. The fourth-order valence-electron chi connectivity index (χ4n) is 3.51. The number of methoxy groups -OCH3 is 1. The quantitative estimate of drug-likeness (QED) is 0.663. The SMILES string of the molecule is COC(=O)C1C2CCC(CC1c1cc[c-]cc1)N2.[Y]. The van der Waals surface area contributed by atoms with Crippen molar-refractivity contribution >= 4 is 5.97 Å². The number of piperidine rings is 1. The predicted molar refractivity (Wildman–Crippen MR) is 68.1 cm³/mol. The van der Waals surface area contributed by atoms with Crippen LogP contribution in [0.4, 0.5) is 0 Å². The molecule has 2 saturated heterocycles. The van der Waals surface area contributed by atoms with Gasteiger partial charge in [0, 0.05) is 44.8 Å². The average Bonchev–Trinajstić information content (AvgIpc) is 2.80. The number of benzene rings is 1. The van der Waals surface area contributed by atoms with Crippen LogP contribution in [0.25, 0.3) is 0 Å². The maximum atomic E-state index is 12.1. The van der Waals surface area contributed by atoms with Crippen LogP contribution in [0, 0.1) is 12.0 Å². The van der Waals surface area contributed by atoms with Crippen molar-refractivity contribution in [2.45, 2.75) is 37.3 Å². The van der Waals surface area contributed by atoms with Gasteiger partial charge in [-0.3, -0.25) is 4.79 Å². The third-order valence-electron chi connectivity index (χ3n) is 4.33. The van der Waals surface area contributed by atoms with Gasteiger partial charge in [-0.05, 0) is 25.2 Å². The van der Waals surface area contributed by atoms with Crippen LogP contribution >= 0.6 is 0 Å². The summed E-state index contributed by atoms with van der Waals surface area (Å²) in [6.07, 6.45) is 3.29. The molecular formula is C15H18NO2Y-. The van der Waals surface area contributed by atoms with E-state index in [9.17, 15) is 4.79 Å². The molecule has 2 fully saturated rings. The van der Waals surface area contributed by atoms with Crippen molar-refractivity contribution in [3.63, 3.8) is 0 Å². The normalized spacial score (nSPS) is 32.5. The zero-order valence-corrected chi connectivity index (χ0v) is 14.0. The largest absolute Gasteiger partial charge is 0.469 e. The van der Waals surface area contributed by atoms with Gasteiger partial charge in [0.15, 0.2) is 0 Å². The second kappa shape index (κ2) is 6.47. The van der Waals surface area contributed by atoms with Crippen molar-refractivity contribution in [1.29, 1.82) is 0 Å². The summed E-state index contributed by atoms with van der Waals surface area (Å²) in [5.74, 6) is 0.160. The van der Waals surface area contributed by atoms with E-state index in [-0.39, 0.29) is 56.6 Å². The first kappa shape index (κ1) is 15.1. The van der Waals surface area contributed by atoms with E-state index < -0.39 is 0 Å². The minimum atomic E-state index is -0.0781. The molecule has 1 aromatic carbocycles. The number of fused-ring (bicyclic) bond motifs is 2. The van der Waals surface area contributed by atoms with Crippen LogP contribution in [0.1, 0.15) is 30.7 Å². The molecule has 2 bridgehead atoms. The van der Waals surface area contributed by atoms with E-state index in [0.29, 0.717) is 6.04 Å². The smallest absolute Gasteiger partial charge is 0.310 e. The molecule has 4 unspecified atom stereocenters. The molecular weight excluding hydrogens is 315 g/mol. The van der Waals surface area contributed by atoms with Crippen molar-refractivity contribution in [2.24, 2.45) is 5.92 Å². The second-order valence-corrected chi connectivity index (χ2v) is 5.27. The molecule has 1 aromatic rings. The maximum absolute atomic E-state index is 12.1. The number of rotatable bonds is 2. The third-order valence-corrected chi connectivity index (χ3v) is 4.33. The van der Waals surface area contributed by atoms with E-state index in [0.717, 1.165) is 12.8 Å². The average molecular weight is 333 g/mol. The molecule has 0 spiro atoms. The molecule has 1 radical (unpaired) electrons. The number of carbonyl (C=O) groups excluding carboxylic acids is 1. The molecule has 19 heavy (non-hydrogen) atoms. The topological polar surface area (TPSA) is 38.3 Å². The Morgan fingerprint density at radius 3 is 2.79 bits per heavy atom. The Morgan fingerprint density at radius 1 is 1.37 bits per heavy atom. The van der Waals surface area contributed by atoms with Crippen LogP contribution in [0.3, 0.4) is 0 Å². The molecule has 3 nitrogen and oxygen atoms in total. The third kappa shape index (κ3) is 2.93. The summed E-state index contributed by atoms with van der Waals surface area (Å²) in [5.41, 5.74) is 1.24. The van der Waals surface area contributed by atoms with Gasteiger partial charge in [0.1, 0.15) is 0 Å². The van der Waals surface area contributed by atoms with E-state index in [2.05, 4.69) is 23.5 Å². The van der Waals surface area contributed by atoms with Gasteiger partial charge in [-0.25, -0.2) is 0 Å². The van der Waals surface area contributed by atoms with Crippen molar-refractivity contribution < 1.29 is 42.2 Å². The van der Waals surface area contributed by atoms with E-state index in [1.807, 2.05) is 12.1 Å². The molecule has 0 amide bonds. The van der Waals surface area contributed by atoms with Crippen LogP contribution in [-0.4, -0.2) is 25.2 Å². The summed E-state index contributed by atoms with van der Waals surface area (Å²) in [4.78, 5) is 12.1. The minimum absolute atomic E-state index is 0. The fourth-order valence-corrected chi connectivity index (χ4v) is 3.51. The molecule has 4 atom stereocenters. The molecule has 2 heterocycles. The maximum Gasteiger partial charge on any atom is 0.310 e. The van der Waals surface area contributed by atoms with Gasteiger partial charge >= 0.3 is 5.97 Å². The van der Waals surface area contributed by atoms with Gasteiger partial charge in [0.25, 0.3) is 0 Å². The predicted octanol–water partition coefficient (Wildman–Crippen LogP) is 1.88. The first-order valence-electron chi connectivity index (χ1n) is 6.59. The van der Waals surface area contributed by atoms with E-state index in [4.69, 9.17) is 4.74 Å². The standard InChI is InChI=1S/C15H18NO2.Y/c1-18-15(17)14-12(10-5-3-2-4-6-10)9-11-7-8-13(14)16-11;/h3-6,11-14,16H,7-9H2,1H3;/q-1;. The summed E-state index contributed by atoms with van der Waals surface area (Å²) in [7, 11) is 1.49. The minimum Gasteiger partial charge on any atom is -0.469 e. The van der Waals surface area contributed by atoms with Gasteiger partial charge in [0.05, 0.1) is 13.0 Å². The molecule has 1 N–H and O–H groups in total. The van der Waals surface area contributed by atoms with Crippen molar-refractivity contribution in [3.8, 4) is 0 Å². The first-order chi connectivity index (χ1) is 8.79. The van der Waals surface area contributed by atoms with Crippen LogP contribution in [0.15, 0.2) is 24.3 Å². The van der Waals surface area contributed by atoms with Gasteiger partial charge in [0.2, 0.25) is 0 Å². The Labute approximate surface area is 139 Å². The molecule has 0 aromatic heterocycles. The van der Waals surface area contributed by atoms with Crippen LogP contribution in [0.2, 0.25) is 0 Å². The summed E-state index contributed by atoms with van der Waals surface area (Å²) in [6.45, 7) is 0. The second-order valence-electron chi connectivity index (χ2n) is 5.27. The zero-order chi connectivity index (χ0) is 12.5. The van der Waals surface area contributed by atoms with Crippen molar-refractivity contribution in [2.75, 3.05) is 7.11 Å². The molecule has 99 valence electrons. The summed E-state index contributed by atoms with van der Waals surface area (Å²) in [6, 6.07) is 11.9. The molecule has 0 saturated carbocycles. The van der Waals surface area contributed by atoms with Gasteiger partial charge in [-0.2, -0.15) is 35.9 Å². The van der Waals surface area contributed by atoms with Gasteiger partial charge < -0.3 is 10.1 Å². The summed E-state index contributed by atoms with van der Waals surface area (Å²) < 4.78 is 5.01. The number of nitrogens with one attached hydrogen (secondary N) is 1. The van der Waals surface area contributed by atoms with E-state index >= 15 is 0 Å². The first-order valence-corrected chi connectivity index (χ1v) is 6.59. The number of esters is 1. The number of hydrogen-bond acceptors (Lipinski definition) is 3. The molecule has 2 aliphatic heterocycles. The fraction of sp³-hybridized carbons (Fsp3) is 0.533. The van der Waals surface area contributed by atoms with Gasteiger partial charge in [-0.1, -0.05) is 0 Å². The van der Waals surface area contributed by atoms with Crippen LogP contribution in [0.5, 0.6) is 0 Å². The summed E-state index contributed by atoms with van der Waals surface area (Å²) in [5, 5.41) is 3.55. The Morgan fingerprint density at radius 2 is 2.11 bits per heavy atom. The Hall–Kier alpha value is -0.246. The molecule has 0 aliphatic carbocycles. The van der Waals surface area contributed by atoms with Crippen LogP contribution < -0.4 is 5.32 Å². The van der Waals surface area contributed by atoms with Crippen LogP contribution in [-0.2, 0) is 42.2 Å². The number of hydrogen-bond donors (Lipinski definition) is 1. The number of ether oxygens (including phenoxy) is 1. The van der Waals surface area contributed by atoms with Crippen molar-refractivity contribution in [1.82, 2.24) is 5.32 Å². The Bertz CT molecular complexity index is 437. The summed E-state index contributed by atoms with van der Waals surface area (Å²) >= 11 is 0. The molecule has 2 aliphatic rings. The van der Waals surface area contributed by atoms with Gasteiger partial charge in [-0.15, -0.1) is 0 Å². The van der Waals surface area contributed by atoms with E-state index in [1.54, 1.807) is 0 Å². The monoisotopic (exact) mass is 333 g/mol. The number of carbonyl (C=O) groups is 1.